The van der Waals surface area contributed by atoms with Gasteiger partial charge in [-0.3, -0.25) is 0 Å². The molecule has 8 aromatic rings. The molecule has 8 aromatic carbocycles. The smallest absolute Gasteiger partial charge is 0.163 e. The van der Waals surface area contributed by atoms with Crippen LogP contribution in [0.1, 0.15) is 40.0 Å². The quantitative estimate of drug-likeness (QED) is 0.0788. The third kappa shape index (κ3) is 15.7. The van der Waals surface area contributed by atoms with Gasteiger partial charge in [0.25, 0.3) is 0 Å². The summed E-state index contributed by atoms with van der Waals surface area (Å²) in [5.41, 5.74) is 0. The number of benzene rings is 8. The first-order valence-corrected chi connectivity index (χ1v) is 39.0. The predicted octanol–water partition coefficient (Wildman–Crippen LogP) is 16.6. The van der Waals surface area contributed by atoms with Gasteiger partial charge >= 0.3 is 0 Å². The lowest BCUT2D eigenvalue weighted by Crippen LogP contribution is -2.21. The second-order valence-corrected chi connectivity index (χ2v) is 33.0. The molecule has 4 nitrogen and oxygen atoms in total. The summed E-state index contributed by atoms with van der Waals surface area (Å²) < 4.78 is 23.1. The van der Waals surface area contributed by atoms with Gasteiger partial charge in [-0.2, -0.15) is 47.0 Å². The molecule has 0 saturated carbocycles. The van der Waals surface area contributed by atoms with Crippen LogP contribution >= 0.6 is 47.0 Å². The highest BCUT2D eigenvalue weighted by atomic mass is 32.2. The van der Waals surface area contributed by atoms with E-state index in [1.807, 2.05) is 6.92 Å². The van der Waals surface area contributed by atoms with Crippen molar-refractivity contribution in [2.24, 2.45) is 0 Å². The Morgan fingerprint density at radius 1 is 0.321 bits per heavy atom. The summed E-state index contributed by atoms with van der Waals surface area (Å²) in [6.07, 6.45) is 3.35. The minimum atomic E-state index is 0.425. The molecule has 78 heavy (non-hydrogen) atoms. The van der Waals surface area contributed by atoms with Crippen LogP contribution in [0.25, 0.3) is 43.1 Å². The fourth-order valence-corrected chi connectivity index (χ4v) is 26.8. The molecule has 0 aliphatic carbocycles. The predicted molar refractivity (Wildman–Crippen MR) is 360 cm³/mol. The van der Waals surface area contributed by atoms with Crippen LogP contribution in [0.15, 0.2) is 165 Å². The van der Waals surface area contributed by atoms with E-state index in [1.54, 1.807) is 21.8 Å². The molecular weight excluding hydrogens is 1110 g/mol. The fraction of sp³-hybridized carbons (Fsp3) is 0.394. The molecule has 0 unspecified atom stereocenters. The van der Waals surface area contributed by atoms with Crippen LogP contribution in [0.2, 0.25) is 0 Å². The number of ether oxygens (including phenoxy) is 4. The van der Waals surface area contributed by atoms with E-state index < -0.39 is 0 Å². The Kier molecular flexibility index (Phi) is 24.3. The van der Waals surface area contributed by atoms with Crippen LogP contribution in [-0.2, 0) is 43.6 Å². The lowest BCUT2D eigenvalue weighted by atomic mass is 10.1. The lowest BCUT2D eigenvalue weighted by molar-refractivity contribution is 0.313. The first-order chi connectivity index (χ1) is 38.6. The summed E-state index contributed by atoms with van der Waals surface area (Å²) in [6.45, 7) is 8.74. The number of hydrogen-bond acceptors (Lipinski definition) is 8. The molecule has 4 saturated heterocycles. The molecule has 0 aromatic heterocycles. The van der Waals surface area contributed by atoms with Gasteiger partial charge in [0, 0.05) is 133 Å². The standard InChI is InChI=1S/C18H23OS2.C17H21OS2.C16H19OS2.C15H17OS2/c1-2-3-10-19-17-8-9-18(21-13-11-20-12-14-21)16-7-5-4-6-15(16)17;1-2-9-18-16-7-8-17(20-12-10-19-11-13-20)15-6-4-3-5-14(15)16;1-2-17-15-7-8-16(19-11-9-18-10-12-19)14-6-4-3-5-13(14)15;1-16-14-6-7-15(18-10-8-17-9-11-18)13-5-3-2-4-12(13)14/h4-9H,2-3,10-14H2,1H3;3-8H,2,9-13H2,1H3;3-8H,2,9-12H2,1H3;2-7H,8-11H2,1H3/q4*+1. The average Bonchev–Trinajstić information content (AvgIpc) is 3.53. The van der Waals surface area contributed by atoms with E-state index in [1.165, 1.54) is 146 Å². The van der Waals surface area contributed by atoms with E-state index in [9.17, 15) is 0 Å². The van der Waals surface area contributed by atoms with Crippen molar-refractivity contribution in [2.75, 3.05) is 119 Å². The van der Waals surface area contributed by atoms with Gasteiger partial charge in [0.05, 0.1) is 26.9 Å². The van der Waals surface area contributed by atoms with Crippen LogP contribution in [0, 0.1) is 0 Å². The Labute approximate surface area is 495 Å². The highest BCUT2D eigenvalue weighted by Crippen LogP contribution is 2.38. The van der Waals surface area contributed by atoms with Crippen molar-refractivity contribution in [3.05, 3.63) is 146 Å². The maximum atomic E-state index is 6.00. The van der Waals surface area contributed by atoms with E-state index in [4.69, 9.17) is 18.9 Å². The largest absolute Gasteiger partial charge is 0.496 e. The maximum Gasteiger partial charge on any atom is 0.163 e. The third-order valence-electron chi connectivity index (χ3n) is 14.1. The van der Waals surface area contributed by atoms with Crippen molar-refractivity contribution in [1.29, 1.82) is 0 Å². The number of fused-ring (bicyclic) bond motifs is 4. The zero-order chi connectivity index (χ0) is 53.7. The molecule has 0 atom stereocenters. The number of rotatable bonds is 14. The molecule has 4 aliphatic heterocycles. The third-order valence-corrected chi connectivity index (χ3v) is 29.6. The number of unbranched alkanes of at least 4 members (excludes halogenated alkanes) is 1. The zero-order valence-corrected chi connectivity index (χ0v) is 52.8. The van der Waals surface area contributed by atoms with Crippen molar-refractivity contribution < 1.29 is 18.9 Å². The van der Waals surface area contributed by atoms with E-state index >= 15 is 0 Å². The Morgan fingerprint density at radius 2 is 0.603 bits per heavy atom. The van der Waals surface area contributed by atoms with Crippen LogP contribution in [-0.4, -0.2) is 119 Å². The van der Waals surface area contributed by atoms with Gasteiger partial charge in [-0.25, -0.2) is 0 Å². The van der Waals surface area contributed by atoms with Gasteiger partial charge in [-0.15, -0.1) is 0 Å². The Balaban J connectivity index is 0.000000127. The van der Waals surface area contributed by atoms with E-state index in [-0.39, 0.29) is 0 Å². The minimum Gasteiger partial charge on any atom is -0.496 e. The number of thioether (sulfide) groups is 4. The van der Waals surface area contributed by atoms with Crippen LogP contribution in [0.4, 0.5) is 0 Å². The second kappa shape index (κ2) is 31.9. The molecule has 0 amide bonds. The highest BCUT2D eigenvalue weighted by molar-refractivity contribution is 8.06. The summed E-state index contributed by atoms with van der Waals surface area (Å²) in [6, 6.07) is 52.7. The van der Waals surface area contributed by atoms with Crippen molar-refractivity contribution in [2.45, 2.75) is 59.6 Å². The van der Waals surface area contributed by atoms with Crippen molar-refractivity contribution >= 4 is 134 Å². The minimum absolute atomic E-state index is 0.425. The summed E-state index contributed by atoms with van der Waals surface area (Å²) in [4.78, 5) is 6.17. The monoisotopic (exact) mass is 1190 g/mol. The maximum absolute atomic E-state index is 6.00. The van der Waals surface area contributed by atoms with Gasteiger partial charge in [0.15, 0.2) is 19.6 Å². The second-order valence-electron chi connectivity index (χ2n) is 19.2. The fourth-order valence-electron chi connectivity index (χ4n) is 10.2. The normalized spacial score (nSPS) is 16.6. The summed E-state index contributed by atoms with van der Waals surface area (Å²) in [5.74, 6) is 25.3. The van der Waals surface area contributed by atoms with Gasteiger partial charge in [-0.1, -0.05) is 93.1 Å². The molecule has 12 heteroatoms. The molecule has 4 aliphatic rings. The summed E-state index contributed by atoms with van der Waals surface area (Å²) in [7, 11) is 3.46. The highest BCUT2D eigenvalue weighted by Gasteiger charge is 2.31. The molecular formula is C66H80O4S8+4. The Hall–Kier alpha value is -3.20. The Bertz CT molecular complexity index is 3110. The molecule has 0 bridgehead atoms. The first kappa shape index (κ1) is 59.4. The van der Waals surface area contributed by atoms with Gasteiger partial charge in [-0.05, 0) is 92.6 Å². The first-order valence-electron chi connectivity index (χ1n) is 28.1. The molecule has 0 N–H and O–H groups in total. The summed E-state index contributed by atoms with van der Waals surface area (Å²) >= 11 is 8.37. The average molecular weight is 1190 g/mol. The van der Waals surface area contributed by atoms with Gasteiger partial charge < -0.3 is 18.9 Å². The van der Waals surface area contributed by atoms with Gasteiger partial charge in [0.2, 0.25) is 0 Å². The number of hydrogen-bond donors (Lipinski definition) is 0. The van der Waals surface area contributed by atoms with Crippen molar-refractivity contribution in [1.82, 2.24) is 0 Å². The summed E-state index contributed by atoms with van der Waals surface area (Å²) in [5, 5.41) is 10.7. The number of methoxy groups -OCH3 is 1. The molecule has 412 valence electrons. The van der Waals surface area contributed by atoms with E-state index in [2.05, 4.69) is 206 Å². The van der Waals surface area contributed by atoms with Crippen LogP contribution < -0.4 is 18.9 Å². The molecule has 0 spiro atoms. The van der Waals surface area contributed by atoms with Crippen molar-refractivity contribution in [3.8, 4) is 23.0 Å². The van der Waals surface area contributed by atoms with Gasteiger partial charge in [0.1, 0.15) is 69.0 Å². The van der Waals surface area contributed by atoms with E-state index in [0.717, 1.165) is 55.7 Å². The molecule has 0 radical (unpaired) electrons. The van der Waals surface area contributed by atoms with Crippen molar-refractivity contribution in [3.63, 3.8) is 0 Å². The zero-order valence-electron chi connectivity index (χ0n) is 46.3. The molecule has 4 fully saturated rings. The van der Waals surface area contributed by atoms with Crippen LogP contribution in [0.3, 0.4) is 0 Å². The molecule has 12 rings (SSSR count). The van der Waals surface area contributed by atoms with E-state index in [0.29, 0.717) is 43.6 Å². The van der Waals surface area contributed by atoms with Crippen LogP contribution in [0.5, 0.6) is 23.0 Å². The topological polar surface area (TPSA) is 36.9 Å². The SMILES string of the molecule is CCCCOc1ccc([S+]2CCSCC2)c2ccccc12.CCCOc1ccc([S+]2CCSCC2)c2ccccc12.CCOc1ccc([S+]2CCSCC2)c2ccccc12.COc1ccc([S+]2CCSCC2)c2ccccc12. The lowest BCUT2D eigenvalue weighted by Gasteiger charge is -2.16. The molecule has 4 heterocycles. The Morgan fingerprint density at radius 3 is 0.897 bits per heavy atom.